The molecule has 0 fully saturated rings. The molecule has 0 amide bonds. The van der Waals surface area contributed by atoms with Gasteiger partial charge >= 0.3 is 0 Å². The zero-order chi connectivity index (χ0) is 13.1. The van der Waals surface area contributed by atoms with Gasteiger partial charge in [0, 0.05) is 17.3 Å². The fraction of sp³-hybridized carbons (Fsp3) is 0.250. The van der Waals surface area contributed by atoms with Crippen molar-refractivity contribution >= 4 is 17.3 Å². The van der Waals surface area contributed by atoms with Crippen LogP contribution in [0, 0.1) is 20.8 Å². The first-order chi connectivity index (χ1) is 8.56. The molecule has 0 spiro atoms. The van der Waals surface area contributed by atoms with Crippen LogP contribution in [-0.4, -0.2) is 0 Å². The number of halogens is 1. The van der Waals surface area contributed by atoms with E-state index in [1.807, 2.05) is 18.2 Å². The van der Waals surface area contributed by atoms with Crippen molar-refractivity contribution < 1.29 is 0 Å². The molecule has 0 radical (unpaired) electrons. The molecule has 0 saturated carbocycles. The van der Waals surface area contributed by atoms with Gasteiger partial charge in [-0.15, -0.1) is 0 Å². The maximum absolute atomic E-state index is 5.98. The van der Waals surface area contributed by atoms with Gasteiger partial charge in [-0.25, -0.2) is 0 Å². The Bertz CT molecular complexity index is 538. The van der Waals surface area contributed by atoms with Gasteiger partial charge in [-0.2, -0.15) is 0 Å². The van der Waals surface area contributed by atoms with Gasteiger partial charge < -0.3 is 5.32 Å². The van der Waals surface area contributed by atoms with E-state index in [1.54, 1.807) is 0 Å². The van der Waals surface area contributed by atoms with Gasteiger partial charge in [0.05, 0.1) is 0 Å². The lowest BCUT2D eigenvalue weighted by molar-refractivity contribution is 1.13. The van der Waals surface area contributed by atoms with Gasteiger partial charge in [-0.1, -0.05) is 41.4 Å². The third-order valence-corrected chi connectivity index (χ3v) is 3.27. The molecular formula is C16H18ClN. The minimum atomic E-state index is 0.784. The second kappa shape index (κ2) is 5.45. The fourth-order valence-corrected chi connectivity index (χ4v) is 2.51. The van der Waals surface area contributed by atoms with Crippen LogP contribution in [0.5, 0.6) is 0 Å². The van der Waals surface area contributed by atoms with E-state index in [2.05, 4.69) is 44.3 Å². The fourth-order valence-electron chi connectivity index (χ4n) is 2.30. The van der Waals surface area contributed by atoms with Crippen LogP contribution in [0.25, 0.3) is 0 Å². The minimum absolute atomic E-state index is 0.784. The highest BCUT2D eigenvalue weighted by molar-refractivity contribution is 6.30. The summed E-state index contributed by atoms with van der Waals surface area (Å²) in [5.74, 6) is 0. The Morgan fingerprint density at radius 3 is 2.28 bits per heavy atom. The molecule has 0 bridgehead atoms. The third kappa shape index (κ3) is 3.05. The molecule has 0 heterocycles. The van der Waals surface area contributed by atoms with Gasteiger partial charge in [-0.05, 0) is 49.6 Å². The summed E-state index contributed by atoms with van der Waals surface area (Å²) in [7, 11) is 0. The van der Waals surface area contributed by atoms with E-state index in [4.69, 9.17) is 11.6 Å². The Hall–Kier alpha value is -1.47. The number of hydrogen-bond donors (Lipinski definition) is 1. The third-order valence-electron chi connectivity index (χ3n) is 3.04. The lowest BCUT2D eigenvalue weighted by Gasteiger charge is -2.14. The maximum Gasteiger partial charge on any atom is 0.0409 e. The Morgan fingerprint density at radius 1 is 1.00 bits per heavy atom. The number of anilines is 1. The Morgan fingerprint density at radius 2 is 1.67 bits per heavy atom. The van der Waals surface area contributed by atoms with E-state index in [0.29, 0.717) is 0 Å². The molecular weight excluding hydrogens is 242 g/mol. The molecule has 2 aromatic rings. The van der Waals surface area contributed by atoms with Crippen molar-refractivity contribution in [3.63, 3.8) is 0 Å². The van der Waals surface area contributed by atoms with Crippen molar-refractivity contribution in [2.75, 3.05) is 5.32 Å². The van der Waals surface area contributed by atoms with Crippen molar-refractivity contribution in [2.24, 2.45) is 0 Å². The quantitative estimate of drug-likeness (QED) is 0.829. The van der Waals surface area contributed by atoms with Crippen LogP contribution in [0.1, 0.15) is 22.3 Å². The monoisotopic (exact) mass is 259 g/mol. The highest BCUT2D eigenvalue weighted by Crippen LogP contribution is 2.23. The molecule has 2 rings (SSSR count). The molecule has 0 aliphatic heterocycles. The number of benzene rings is 2. The molecule has 2 heteroatoms. The number of nitrogens with one attached hydrogen (secondary N) is 1. The highest BCUT2D eigenvalue weighted by Gasteiger charge is 2.03. The van der Waals surface area contributed by atoms with E-state index in [9.17, 15) is 0 Å². The predicted octanol–water partition coefficient (Wildman–Crippen LogP) is 4.88. The standard InChI is InChI=1S/C16H18ClN/c1-11-7-12(2)16(13(3)8-11)18-10-14-5-4-6-15(17)9-14/h4-9,18H,10H2,1-3H3. The molecule has 0 aliphatic rings. The van der Waals surface area contributed by atoms with Crippen molar-refractivity contribution in [1.82, 2.24) is 0 Å². The van der Waals surface area contributed by atoms with Gasteiger partial charge in [0.15, 0.2) is 0 Å². The van der Waals surface area contributed by atoms with Crippen LogP contribution in [0.4, 0.5) is 5.69 Å². The molecule has 94 valence electrons. The number of rotatable bonds is 3. The maximum atomic E-state index is 5.98. The van der Waals surface area contributed by atoms with Gasteiger partial charge in [0.2, 0.25) is 0 Å². The molecule has 0 aromatic heterocycles. The Labute approximate surface area is 114 Å². The van der Waals surface area contributed by atoms with Crippen LogP contribution in [0.2, 0.25) is 5.02 Å². The van der Waals surface area contributed by atoms with E-state index >= 15 is 0 Å². The van der Waals surface area contributed by atoms with E-state index in [0.717, 1.165) is 11.6 Å². The van der Waals surface area contributed by atoms with Gasteiger partial charge in [0.25, 0.3) is 0 Å². The molecule has 0 saturated heterocycles. The molecule has 18 heavy (non-hydrogen) atoms. The average Bonchev–Trinajstić information content (AvgIpc) is 2.27. The topological polar surface area (TPSA) is 12.0 Å². The van der Waals surface area contributed by atoms with Crippen molar-refractivity contribution in [3.8, 4) is 0 Å². The molecule has 0 atom stereocenters. The molecule has 2 aromatic carbocycles. The molecule has 1 nitrogen and oxygen atoms in total. The lowest BCUT2D eigenvalue weighted by atomic mass is 10.0. The van der Waals surface area contributed by atoms with Gasteiger partial charge in [-0.3, -0.25) is 0 Å². The second-order valence-electron chi connectivity index (χ2n) is 4.76. The summed E-state index contributed by atoms with van der Waals surface area (Å²) in [6.45, 7) is 7.20. The van der Waals surface area contributed by atoms with E-state index in [-0.39, 0.29) is 0 Å². The Balaban J connectivity index is 2.16. The van der Waals surface area contributed by atoms with Crippen LogP contribution >= 0.6 is 11.6 Å². The highest BCUT2D eigenvalue weighted by atomic mass is 35.5. The van der Waals surface area contributed by atoms with Crippen LogP contribution in [-0.2, 0) is 6.54 Å². The van der Waals surface area contributed by atoms with Crippen molar-refractivity contribution in [3.05, 3.63) is 63.7 Å². The second-order valence-corrected chi connectivity index (χ2v) is 5.19. The van der Waals surface area contributed by atoms with Gasteiger partial charge in [0.1, 0.15) is 0 Å². The molecule has 1 N–H and O–H groups in total. The Kier molecular flexibility index (Phi) is 3.93. The summed E-state index contributed by atoms with van der Waals surface area (Å²) >= 11 is 5.98. The first kappa shape index (κ1) is 13.0. The summed E-state index contributed by atoms with van der Waals surface area (Å²) in [4.78, 5) is 0. The lowest BCUT2D eigenvalue weighted by Crippen LogP contribution is -2.03. The smallest absolute Gasteiger partial charge is 0.0409 e. The zero-order valence-electron chi connectivity index (χ0n) is 11.0. The summed E-state index contributed by atoms with van der Waals surface area (Å²) in [6.07, 6.45) is 0. The molecule has 0 aliphatic carbocycles. The van der Waals surface area contributed by atoms with Crippen LogP contribution in [0.3, 0.4) is 0 Å². The largest absolute Gasteiger partial charge is 0.381 e. The minimum Gasteiger partial charge on any atom is -0.381 e. The van der Waals surface area contributed by atoms with Crippen molar-refractivity contribution in [2.45, 2.75) is 27.3 Å². The van der Waals surface area contributed by atoms with E-state index in [1.165, 1.54) is 27.9 Å². The first-order valence-corrected chi connectivity index (χ1v) is 6.50. The number of aryl methyl sites for hydroxylation is 3. The summed E-state index contributed by atoms with van der Waals surface area (Å²) in [6, 6.07) is 12.4. The zero-order valence-corrected chi connectivity index (χ0v) is 11.8. The summed E-state index contributed by atoms with van der Waals surface area (Å²) in [5, 5.41) is 4.28. The average molecular weight is 260 g/mol. The normalized spacial score (nSPS) is 10.4. The van der Waals surface area contributed by atoms with Crippen molar-refractivity contribution in [1.29, 1.82) is 0 Å². The summed E-state index contributed by atoms with van der Waals surface area (Å²) < 4.78 is 0. The predicted molar refractivity (Wildman–Crippen MR) is 79.4 cm³/mol. The number of hydrogen-bond acceptors (Lipinski definition) is 1. The molecule has 0 unspecified atom stereocenters. The first-order valence-electron chi connectivity index (χ1n) is 6.12. The van der Waals surface area contributed by atoms with Crippen LogP contribution < -0.4 is 5.32 Å². The van der Waals surface area contributed by atoms with E-state index < -0.39 is 0 Å². The summed E-state index contributed by atoms with van der Waals surface area (Å²) in [5.41, 5.74) is 6.30. The SMILES string of the molecule is Cc1cc(C)c(NCc2cccc(Cl)c2)c(C)c1. The van der Waals surface area contributed by atoms with Crippen LogP contribution in [0.15, 0.2) is 36.4 Å².